The van der Waals surface area contributed by atoms with Gasteiger partial charge in [-0.1, -0.05) is 54.1 Å². The Hall–Kier alpha value is -2.86. The van der Waals surface area contributed by atoms with Gasteiger partial charge in [0.05, 0.1) is 11.5 Å². The summed E-state index contributed by atoms with van der Waals surface area (Å²) in [6, 6.07) is 12.4. The van der Waals surface area contributed by atoms with Gasteiger partial charge < -0.3 is 5.11 Å². The molecule has 0 saturated heterocycles. The number of Topliss-reactive ketones (excluding diaryl/α,β-unsaturated/α-hetero) is 2. The predicted octanol–water partition coefficient (Wildman–Crippen LogP) is 3.33. The molecular weight excluding hydrogens is 358 g/mol. The zero-order chi connectivity index (χ0) is 20.3. The first-order valence-electron chi connectivity index (χ1n) is 9.33. The first-order valence-corrected chi connectivity index (χ1v) is 9.33. The summed E-state index contributed by atoms with van der Waals surface area (Å²) in [7, 11) is 0. The van der Waals surface area contributed by atoms with Gasteiger partial charge in [-0.25, -0.2) is 0 Å². The monoisotopic (exact) mass is 379 g/mol. The van der Waals surface area contributed by atoms with Gasteiger partial charge in [0.15, 0.2) is 11.6 Å². The number of fused-ring (bicyclic) bond motifs is 1. The Morgan fingerprint density at radius 1 is 1.04 bits per heavy atom. The van der Waals surface area contributed by atoms with Crippen molar-refractivity contribution in [2.75, 3.05) is 0 Å². The quantitative estimate of drug-likeness (QED) is 0.490. The fraction of sp³-hybridized carbons (Fsp3) is 0.364. The highest BCUT2D eigenvalue weighted by Gasteiger charge is 2.72. The number of benzene rings is 2. The maximum absolute atomic E-state index is 13.6. The van der Waals surface area contributed by atoms with Crippen molar-refractivity contribution in [1.82, 2.24) is 0 Å². The second-order valence-corrected chi connectivity index (χ2v) is 8.07. The maximum Gasteiger partial charge on any atom is 0.221 e. The normalized spacial score (nSPS) is 28.4. The van der Waals surface area contributed by atoms with E-state index < -0.39 is 39.5 Å². The van der Waals surface area contributed by atoms with Crippen LogP contribution in [0.1, 0.15) is 57.5 Å². The molecule has 2 aliphatic carbocycles. The van der Waals surface area contributed by atoms with Crippen molar-refractivity contribution in [3.8, 4) is 0 Å². The van der Waals surface area contributed by atoms with Crippen molar-refractivity contribution in [3.05, 3.63) is 80.9 Å². The van der Waals surface area contributed by atoms with E-state index in [1.54, 1.807) is 48.5 Å². The highest BCUT2D eigenvalue weighted by Crippen LogP contribution is 2.59. The fourth-order valence-electron chi connectivity index (χ4n) is 5.07. The van der Waals surface area contributed by atoms with Gasteiger partial charge in [-0.2, -0.15) is 0 Å². The molecule has 3 atom stereocenters. The molecule has 2 aromatic carbocycles. The molecule has 1 spiro atoms. The standard InChI is InChI=1S/C22H21NO5/c1-13-7-9-14(10-8-13)18-17(23(27)28)11-12-21(2,26)22(18)19(24)15-5-3-4-6-16(15)20(22)25/h3-10,17-18,26H,11-12H2,1-2H3/t17-,18+,21+/m1/s1. The van der Waals surface area contributed by atoms with Gasteiger partial charge in [0, 0.05) is 22.5 Å². The number of nitrogens with zero attached hydrogens (tertiary/aromatic N) is 1. The largest absolute Gasteiger partial charge is 0.389 e. The molecule has 0 bridgehead atoms. The number of hydrogen-bond donors (Lipinski definition) is 1. The van der Waals surface area contributed by atoms with E-state index in [1.807, 2.05) is 6.92 Å². The lowest BCUT2D eigenvalue weighted by atomic mass is 9.52. The molecule has 1 saturated carbocycles. The van der Waals surface area contributed by atoms with Gasteiger partial charge in [0.25, 0.3) is 0 Å². The van der Waals surface area contributed by atoms with Gasteiger partial charge in [-0.3, -0.25) is 19.7 Å². The summed E-state index contributed by atoms with van der Waals surface area (Å²) < 4.78 is 0. The average Bonchev–Trinajstić information content (AvgIpc) is 2.88. The van der Waals surface area contributed by atoms with Gasteiger partial charge in [-0.15, -0.1) is 0 Å². The molecule has 0 unspecified atom stereocenters. The van der Waals surface area contributed by atoms with E-state index in [2.05, 4.69) is 0 Å². The Morgan fingerprint density at radius 2 is 1.57 bits per heavy atom. The Labute approximate surface area is 162 Å². The zero-order valence-electron chi connectivity index (χ0n) is 15.7. The van der Waals surface area contributed by atoms with Crippen LogP contribution in [0.3, 0.4) is 0 Å². The second kappa shape index (κ2) is 6.07. The highest BCUT2D eigenvalue weighted by molar-refractivity contribution is 6.31. The molecule has 2 aliphatic rings. The topological polar surface area (TPSA) is 97.5 Å². The van der Waals surface area contributed by atoms with Crippen LogP contribution in [0.5, 0.6) is 0 Å². The number of rotatable bonds is 2. The Balaban J connectivity index is 2.03. The van der Waals surface area contributed by atoms with Crippen LogP contribution in [0.2, 0.25) is 0 Å². The van der Waals surface area contributed by atoms with Crippen LogP contribution in [0.15, 0.2) is 48.5 Å². The minimum Gasteiger partial charge on any atom is -0.389 e. The predicted molar refractivity (Wildman–Crippen MR) is 102 cm³/mol. The first-order chi connectivity index (χ1) is 13.2. The van der Waals surface area contributed by atoms with E-state index in [0.717, 1.165) is 5.56 Å². The number of carbonyl (C=O) groups excluding carboxylic acids is 2. The van der Waals surface area contributed by atoms with Crippen molar-refractivity contribution in [2.45, 2.75) is 44.2 Å². The van der Waals surface area contributed by atoms with Gasteiger partial charge >= 0.3 is 0 Å². The molecule has 6 nitrogen and oxygen atoms in total. The van der Waals surface area contributed by atoms with Crippen molar-refractivity contribution in [3.63, 3.8) is 0 Å². The first kappa shape index (κ1) is 18.5. The Kier molecular flexibility index (Phi) is 4.01. The lowest BCUT2D eigenvalue weighted by Gasteiger charge is -2.49. The van der Waals surface area contributed by atoms with Crippen LogP contribution < -0.4 is 0 Å². The molecule has 0 aromatic heterocycles. The summed E-state index contributed by atoms with van der Waals surface area (Å²) in [6.45, 7) is 3.36. The van der Waals surface area contributed by atoms with Crippen molar-refractivity contribution >= 4 is 11.6 Å². The van der Waals surface area contributed by atoms with E-state index >= 15 is 0 Å². The van der Waals surface area contributed by atoms with E-state index in [4.69, 9.17) is 0 Å². The van der Waals surface area contributed by atoms with Gasteiger partial charge in [0.1, 0.15) is 5.41 Å². The number of aryl methyl sites for hydroxylation is 1. The highest BCUT2D eigenvalue weighted by atomic mass is 16.6. The van der Waals surface area contributed by atoms with Crippen molar-refractivity contribution in [2.24, 2.45) is 5.41 Å². The molecule has 6 heteroatoms. The third kappa shape index (κ3) is 2.24. The van der Waals surface area contributed by atoms with Crippen LogP contribution in [0.25, 0.3) is 0 Å². The smallest absolute Gasteiger partial charge is 0.221 e. The van der Waals surface area contributed by atoms with Crippen LogP contribution in [0, 0.1) is 22.5 Å². The Morgan fingerprint density at radius 3 is 2.07 bits per heavy atom. The van der Waals surface area contributed by atoms with E-state index in [9.17, 15) is 24.8 Å². The average molecular weight is 379 g/mol. The molecule has 4 rings (SSSR count). The molecule has 1 N–H and O–H groups in total. The molecule has 1 fully saturated rings. The van der Waals surface area contributed by atoms with Crippen LogP contribution >= 0.6 is 0 Å². The molecule has 28 heavy (non-hydrogen) atoms. The molecular formula is C22H21NO5. The van der Waals surface area contributed by atoms with Crippen LogP contribution in [-0.4, -0.2) is 33.2 Å². The summed E-state index contributed by atoms with van der Waals surface area (Å²) in [5.41, 5.74) is -1.64. The lowest BCUT2D eigenvalue weighted by Crippen LogP contribution is -2.63. The van der Waals surface area contributed by atoms with Crippen molar-refractivity contribution < 1.29 is 19.6 Å². The lowest BCUT2D eigenvalue weighted by molar-refractivity contribution is -0.535. The molecule has 2 aromatic rings. The number of nitro groups is 1. The summed E-state index contributed by atoms with van der Waals surface area (Å²) in [5, 5.41) is 23.3. The molecule has 0 heterocycles. The second-order valence-electron chi connectivity index (χ2n) is 8.07. The number of aliphatic hydroxyl groups is 1. The number of ketones is 2. The van der Waals surface area contributed by atoms with E-state index in [-0.39, 0.29) is 24.0 Å². The minimum absolute atomic E-state index is 0.00643. The fourth-order valence-corrected chi connectivity index (χ4v) is 5.07. The number of hydrogen-bond acceptors (Lipinski definition) is 5. The SMILES string of the molecule is Cc1ccc([C@H]2[C@H]([N+](=O)[O-])CC[C@](C)(O)C23C(=O)c2ccccc2C3=O)cc1. The van der Waals surface area contributed by atoms with Crippen molar-refractivity contribution in [1.29, 1.82) is 0 Å². The zero-order valence-corrected chi connectivity index (χ0v) is 15.7. The summed E-state index contributed by atoms with van der Waals surface area (Å²) in [6.07, 6.45) is 0.101. The van der Waals surface area contributed by atoms with Crippen LogP contribution in [-0.2, 0) is 0 Å². The summed E-state index contributed by atoms with van der Waals surface area (Å²) in [4.78, 5) is 38.8. The summed E-state index contributed by atoms with van der Waals surface area (Å²) >= 11 is 0. The van der Waals surface area contributed by atoms with E-state index in [1.165, 1.54) is 6.92 Å². The summed E-state index contributed by atoms with van der Waals surface area (Å²) in [5.74, 6) is -2.08. The van der Waals surface area contributed by atoms with E-state index in [0.29, 0.717) is 5.56 Å². The minimum atomic E-state index is -1.90. The van der Waals surface area contributed by atoms with Crippen LogP contribution in [0.4, 0.5) is 0 Å². The van der Waals surface area contributed by atoms with Gasteiger partial charge in [-0.05, 0) is 25.8 Å². The molecule has 0 aliphatic heterocycles. The Bertz CT molecular complexity index is 957. The van der Waals surface area contributed by atoms with Gasteiger partial charge in [0.2, 0.25) is 6.04 Å². The molecule has 0 amide bonds. The third-order valence-corrected chi connectivity index (χ3v) is 6.47. The molecule has 0 radical (unpaired) electrons. The number of carbonyl (C=O) groups is 2. The third-order valence-electron chi connectivity index (χ3n) is 6.47. The molecule has 144 valence electrons. The maximum atomic E-state index is 13.6.